The molecule has 9 heteroatoms. The van der Waals surface area contributed by atoms with Gasteiger partial charge in [0.1, 0.15) is 17.5 Å². The second kappa shape index (κ2) is 7.72. The predicted molar refractivity (Wildman–Crippen MR) is 100 cm³/mol. The van der Waals surface area contributed by atoms with Crippen LogP contribution in [0.15, 0.2) is 35.3 Å². The molecular formula is C17H19N3NaO4S. The Morgan fingerprint density at radius 3 is 2.50 bits per heavy atom. The van der Waals surface area contributed by atoms with Gasteiger partial charge < -0.3 is 15.3 Å². The molecule has 3 rings (SSSR count). The minimum absolute atomic E-state index is 0. The molecule has 1 radical (unpaired) electrons. The Hall–Kier alpha value is -1.35. The van der Waals surface area contributed by atoms with Crippen LogP contribution in [0.25, 0.3) is 0 Å². The molecule has 0 unspecified atom stereocenters. The first-order chi connectivity index (χ1) is 11.8. The Kier molecular flexibility index (Phi) is 6.22. The molecule has 2 aliphatic rings. The molecule has 7 nitrogen and oxygen atoms in total. The fourth-order valence-electron chi connectivity index (χ4n) is 3.35. The van der Waals surface area contributed by atoms with Crippen molar-refractivity contribution in [3.63, 3.8) is 0 Å². The van der Waals surface area contributed by atoms with E-state index in [0.717, 1.165) is 0 Å². The van der Waals surface area contributed by atoms with Crippen molar-refractivity contribution in [2.75, 3.05) is 0 Å². The first-order valence-corrected chi connectivity index (χ1v) is 8.70. The van der Waals surface area contributed by atoms with Gasteiger partial charge in [-0.05, 0) is 26.1 Å². The Balaban J connectivity index is 0.00000243. The number of fused-ring (bicyclic) bond motifs is 1. The van der Waals surface area contributed by atoms with Crippen molar-refractivity contribution < 1.29 is 19.5 Å². The largest absolute Gasteiger partial charge is 0.480 e. The topological polar surface area (TPSA) is 99.1 Å². The number of hydrogen-bond donors (Lipinski definition) is 2. The van der Waals surface area contributed by atoms with Gasteiger partial charge in [-0.3, -0.25) is 14.6 Å². The number of thioether (sulfide) groups is 1. The molecule has 0 aliphatic carbocycles. The summed E-state index contributed by atoms with van der Waals surface area (Å²) in [5.41, 5.74) is 0.682. The van der Waals surface area contributed by atoms with Crippen LogP contribution in [0.4, 0.5) is 0 Å². The summed E-state index contributed by atoms with van der Waals surface area (Å²) in [6.07, 6.45) is 0. The van der Waals surface area contributed by atoms with Crippen molar-refractivity contribution in [2.45, 2.75) is 42.1 Å². The molecule has 0 spiro atoms. The SMILES string of the molecule is C=N[C@@H](C(=O)N[C@@H]1C(=O)N2[C@@H]1SC(C)(C)[C@@H]2C(=O)O)c1ccccc1.[Na]. The van der Waals surface area contributed by atoms with Crippen LogP contribution in [0.3, 0.4) is 0 Å². The van der Waals surface area contributed by atoms with E-state index in [1.54, 1.807) is 38.1 Å². The van der Waals surface area contributed by atoms with Crippen molar-refractivity contribution in [1.82, 2.24) is 10.2 Å². The van der Waals surface area contributed by atoms with Crippen molar-refractivity contribution >= 4 is 65.8 Å². The maximum Gasteiger partial charge on any atom is 0.327 e. The number of carboxylic acids is 1. The number of β-lactam (4-membered cyclic amide) rings is 1. The van der Waals surface area contributed by atoms with Crippen molar-refractivity contribution in [1.29, 1.82) is 0 Å². The van der Waals surface area contributed by atoms with E-state index in [1.165, 1.54) is 16.7 Å². The van der Waals surface area contributed by atoms with Gasteiger partial charge in [0.2, 0.25) is 11.8 Å². The number of carbonyl (C=O) groups excluding carboxylic acids is 2. The van der Waals surface area contributed by atoms with Gasteiger partial charge >= 0.3 is 5.97 Å². The standard InChI is InChI=1S/C17H19N3O4S.Na/c1-17(2)12(16(23)24)20-14(22)11(15(20)25-17)19-13(21)10(18-3)9-7-5-4-6-8-9;/h4-8,10-12,15H,3H2,1-2H3,(H,19,21)(H,23,24);/t10-,11-,12+,15-;/m1./s1. The van der Waals surface area contributed by atoms with E-state index in [1.807, 2.05) is 6.07 Å². The number of carboxylic acid groups (broad SMARTS) is 1. The van der Waals surface area contributed by atoms with Crippen LogP contribution in [-0.4, -0.2) is 86.3 Å². The molecule has 2 N–H and O–H groups in total. The quantitative estimate of drug-likeness (QED) is 0.442. The summed E-state index contributed by atoms with van der Waals surface area (Å²) in [6, 6.07) is 6.51. The fraction of sp³-hybridized carbons (Fsp3) is 0.412. The zero-order valence-corrected chi connectivity index (χ0v) is 17.7. The molecule has 26 heavy (non-hydrogen) atoms. The van der Waals surface area contributed by atoms with Crippen LogP contribution in [-0.2, 0) is 14.4 Å². The molecule has 1 aromatic carbocycles. The van der Waals surface area contributed by atoms with Gasteiger partial charge in [0.15, 0.2) is 6.04 Å². The Bertz CT molecular complexity index is 743. The molecule has 2 heterocycles. The number of nitrogens with zero attached hydrogens (tertiary/aromatic N) is 2. The first-order valence-electron chi connectivity index (χ1n) is 7.82. The van der Waals surface area contributed by atoms with Crippen LogP contribution in [0, 0.1) is 0 Å². The van der Waals surface area contributed by atoms with Crippen molar-refractivity contribution in [3.05, 3.63) is 35.9 Å². The van der Waals surface area contributed by atoms with Gasteiger partial charge in [0.25, 0.3) is 0 Å². The van der Waals surface area contributed by atoms with Crippen LogP contribution in [0.2, 0.25) is 0 Å². The van der Waals surface area contributed by atoms with E-state index in [9.17, 15) is 19.5 Å². The van der Waals surface area contributed by atoms with E-state index >= 15 is 0 Å². The molecule has 0 saturated carbocycles. The van der Waals surface area contributed by atoms with Gasteiger partial charge in [-0.25, -0.2) is 4.79 Å². The second-order valence-corrected chi connectivity index (χ2v) is 8.35. The van der Waals surface area contributed by atoms with Gasteiger partial charge in [-0.1, -0.05) is 30.3 Å². The number of aliphatic carboxylic acids is 1. The summed E-state index contributed by atoms with van der Waals surface area (Å²) in [4.78, 5) is 41.7. The molecule has 0 bridgehead atoms. The molecule has 0 aromatic heterocycles. The van der Waals surface area contributed by atoms with Crippen molar-refractivity contribution in [2.24, 2.45) is 4.99 Å². The van der Waals surface area contributed by atoms with E-state index < -0.39 is 34.7 Å². The minimum atomic E-state index is -1.03. The second-order valence-electron chi connectivity index (χ2n) is 6.58. The molecule has 2 saturated heterocycles. The molecule has 2 fully saturated rings. The van der Waals surface area contributed by atoms with Crippen molar-refractivity contribution in [3.8, 4) is 0 Å². The normalized spacial score (nSPS) is 26.8. The van der Waals surface area contributed by atoms with Crippen LogP contribution < -0.4 is 5.32 Å². The number of aliphatic imine (C=N–C) groups is 1. The van der Waals surface area contributed by atoms with E-state index in [4.69, 9.17) is 0 Å². The number of hydrogen-bond acceptors (Lipinski definition) is 5. The van der Waals surface area contributed by atoms with Gasteiger partial charge in [0, 0.05) is 34.3 Å². The Morgan fingerprint density at radius 1 is 1.35 bits per heavy atom. The number of benzene rings is 1. The zero-order valence-electron chi connectivity index (χ0n) is 14.9. The number of amides is 2. The molecule has 2 aliphatic heterocycles. The van der Waals surface area contributed by atoms with Crippen LogP contribution in [0.5, 0.6) is 0 Å². The predicted octanol–water partition coefficient (Wildman–Crippen LogP) is 0.679. The smallest absolute Gasteiger partial charge is 0.327 e. The summed E-state index contributed by atoms with van der Waals surface area (Å²) in [5.74, 6) is -1.83. The maximum atomic E-state index is 12.5. The molecule has 4 atom stereocenters. The average Bonchev–Trinajstić information content (AvgIpc) is 2.82. The molecule has 2 amide bonds. The van der Waals surface area contributed by atoms with Gasteiger partial charge in [-0.15, -0.1) is 11.8 Å². The molecule has 133 valence electrons. The zero-order chi connectivity index (χ0) is 18.4. The van der Waals surface area contributed by atoms with E-state index in [-0.39, 0.29) is 40.8 Å². The Morgan fingerprint density at radius 2 is 1.96 bits per heavy atom. The maximum absolute atomic E-state index is 12.5. The third kappa shape index (κ3) is 3.43. The Labute approximate surface area is 177 Å². The summed E-state index contributed by atoms with van der Waals surface area (Å²) < 4.78 is -0.624. The van der Waals surface area contributed by atoms with E-state index in [0.29, 0.717) is 5.56 Å². The fourth-order valence-corrected chi connectivity index (χ4v) is 4.98. The number of carbonyl (C=O) groups is 3. The van der Waals surface area contributed by atoms with Crippen LogP contribution >= 0.6 is 11.8 Å². The average molecular weight is 384 g/mol. The minimum Gasteiger partial charge on any atom is -0.480 e. The third-order valence-corrected chi connectivity index (χ3v) is 6.09. The summed E-state index contributed by atoms with van der Waals surface area (Å²) >= 11 is 1.39. The molecule has 1 aromatic rings. The van der Waals surface area contributed by atoms with Gasteiger partial charge in [-0.2, -0.15) is 0 Å². The monoisotopic (exact) mass is 384 g/mol. The van der Waals surface area contributed by atoms with Gasteiger partial charge in [0.05, 0.1) is 0 Å². The number of rotatable bonds is 5. The summed E-state index contributed by atoms with van der Waals surface area (Å²) in [7, 11) is 0. The number of nitrogens with one attached hydrogen (secondary N) is 1. The van der Waals surface area contributed by atoms with Crippen LogP contribution in [0.1, 0.15) is 25.5 Å². The van der Waals surface area contributed by atoms with E-state index in [2.05, 4.69) is 17.0 Å². The summed E-state index contributed by atoms with van der Waals surface area (Å²) in [6.45, 7) is 7.05. The molecular weight excluding hydrogens is 365 g/mol. The first kappa shape index (κ1) is 21.0. The summed E-state index contributed by atoms with van der Waals surface area (Å²) in [5, 5.41) is 11.7. The third-order valence-electron chi connectivity index (χ3n) is 4.52.